The second-order valence-electron chi connectivity index (χ2n) is 16.1. The lowest BCUT2D eigenvalue weighted by molar-refractivity contribution is 1.18. The van der Waals surface area contributed by atoms with E-state index in [1.165, 1.54) is 131 Å². The molecule has 0 fully saturated rings. The molecule has 6 aromatic heterocycles. The van der Waals surface area contributed by atoms with Gasteiger partial charge in [0.15, 0.2) is 0 Å². The fourth-order valence-corrected chi connectivity index (χ4v) is 11.2. The molecule has 0 atom stereocenters. The Labute approximate surface area is 329 Å². The summed E-state index contributed by atoms with van der Waals surface area (Å²) in [7, 11) is 0. The zero-order chi connectivity index (χ0) is 37.4. The van der Waals surface area contributed by atoms with Crippen LogP contribution >= 0.6 is 0 Å². The van der Waals surface area contributed by atoms with Gasteiger partial charge >= 0.3 is 0 Å². The maximum Gasteiger partial charge on any atom is 0.0628 e. The van der Waals surface area contributed by atoms with Gasteiger partial charge in [0.05, 0.1) is 55.2 Å². The van der Waals surface area contributed by atoms with Gasteiger partial charge in [-0.25, -0.2) is 0 Å². The molecule has 4 nitrogen and oxygen atoms in total. The van der Waals surface area contributed by atoms with Gasteiger partial charge in [0.1, 0.15) is 0 Å². The molecule has 4 heteroatoms. The van der Waals surface area contributed by atoms with Crippen LogP contribution in [0, 0.1) is 0 Å². The first-order chi connectivity index (χ1) is 28.8. The van der Waals surface area contributed by atoms with Crippen molar-refractivity contribution in [2.75, 3.05) is 0 Å². The molecule has 0 N–H and O–H groups in total. The Morgan fingerprint density at radius 2 is 0.552 bits per heavy atom. The topological polar surface area (TPSA) is 18.7 Å². The smallest absolute Gasteiger partial charge is 0.0628 e. The average Bonchev–Trinajstić information content (AvgIpc) is 4.11. The van der Waals surface area contributed by atoms with Gasteiger partial charge in [0, 0.05) is 76.0 Å². The van der Waals surface area contributed by atoms with Crippen molar-refractivity contribution >= 4 is 120 Å². The van der Waals surface area contributed by atoms with Crippen LogP contribution in [-0.2, 0) is 0 Å². The molecule has 0 amide bonds. The van der Waals surface area contributed by atoms with E-state index in [0.717, 1.165) is 0 Å². The number of hydrogen-bond donors (Lipinski definition) is 0. The Kier molecular flexibility index (Phi) is 5.14. The molecule has 266 valence electrons. The summed E-state index contributed by atoms with van der Waals surface area (Å²) < 4.78 is 10.1. The summed E-state index contributed by atoms with van der Waals surface area (Å²) >= 11 is 0. The molecule has 9 aromatic carbocycles. The van der Waals surface area contributed by atoms with Crippen molar-refractivity contribution in [3.8, 4) is 11.4 Å². The average molecular weight is 735 g/mol. The first kappa shape index (κ1) is 29.5. The number of fused-ring (bicyclic) bond motifs is 20. The number of aromatic nitrogens is 4. The largest absolute Gasteiger partial charge is 0.309 e. The Bertz CT molecular complexity index is 3960. The lowest BCUT2D eigenvalue weighted by Gasteiger charge is -2.08. The minimum Gasteiger partial charge on any atom is -0.309 e. The van der Waals surface area contributed by atoms with E-state index in [0.29, 0.717) is 0 Å². The third-order valence-corrected chi connectivity index (χ3v) is 13.3. The van der Waals surface area contributed by atoms with Crippen molar-refractivity contribution in [1.29, 1.82) is 0 Å². The molecule has 0 aliphatic rings. The SMILES string of the molecule is c1ccc(-n2c3ccccc3c3c4c5ccccc5n5c6cc7c8cc9c(c%10ccccc%10n9-c9ccccc9)c9c%10ccccc%10n(c7cc6c(cc32)c45)c89)cc1. The van der Waals surface area contributed by atoms with Crippen LogP contribution in [0.25, 0.3) is 131 Å². The quantitative estimate of drug-likeness (QED) is 0.168. The number of para-hydroxylation sites is 6. The number of benzene rings is 9. The molecular weight excluding hydrogens is 705 g/mol. The molecule has 0 unspecified atom stereocenters. The molecule has 0 aliphatic heterocycles. The molecular formula is C54H30N4. The Morgan fingerprint density at radius 3 is 0.966 bits per heavy atom. The highest BCUT2D eigenvalue weighted by molar-refractivity contribution is 6.39. The predicted molar refractivity (Wildman–Crippen MR) is 244 cm³/mol. The van der Waals surface area contributed by atoms with Crippen LogP contribution in [0.15, 0.2) is 182 Å². The van der Waals surface area contributed by atoms with E-state index < -0.39 is 0 Å². The normalized spacial score (nSPS) is 12.8. The molecule has 0 bridgehead atoms. The van der Waals surface area contributed by atoms with Crippen LogP contribution in [-0.4, -0.2) is 17.9 Å². The third kappa shape index (κ3) is 3.30. The van der Waals surface area contributed by atoms with Crippen molar-refractivity contribution in [2.24, 2.45) is 0 Å². The first-order valence-corrected chi connectivity index (χ1v) is 20.1. The Morgan fingerprint density at radius 1 is 0.224 bits per heavy atom. The van der Waals surface area contributed by atoms with Crippen molar-refractivity contribution in [1.82, 2.24) is 17.9 Å². The van der Waals surface area contributed by atoms with Gasteiger partial charge in [-0.3, -0.25) is 0 Å². The second kappa shape index (κ2) is 10.1. The number of rotatable bonds is 2. The van der Waals surface area contributed by atoms with Gasteiger partial charge < -0.3 is 17.9 Å². The molecule has 58 heavy (non-hydrogen) atoms. The maximum atomic E-state index is 2.56. The van der Waals surface area contributed by atoms with Gasteiger partial charge in [-0.2, -0.15) is 0 Å². The monoisotopic (exact) mass is 734 g/mol. The maximum absolute atomic E-state index is 2.56. The molecule has 15 rings (SSSR count). The molecule has 0 aliphatic carbocycles. The standard InChI is InChI=1S/C54H30N4/c1-3-15-31(16-4-1)55-41-23-11-7-19-33(41)49-47(55)29-39-37-27-46-38(28-45(37)57-43-25-13-9-21-35(43)51(49)53(39)57)40-30-48-50(52-36-22-10-14-26-44(36)58(46)54(40)52)34-20-8-12-24-42(34)56(48)32-17-5-2-6-18-32/h1-30H. The van der Waals surface area contributed by atoms with Crippen molar-refractivity contribution in [2.45, 2.75) is 0 Å². The predicted octanol–water partition coefficient (Wildman–Crippen LogP) is 14.2. The van der Waals surface area contributed by atoms with Crippen molar-refractivity contribution in [3.05, 3.63) is 182 Å². The van der Waals surface area contributed by atoms with Crippen LogP contribution in [0.1, 0.15) is 0 Å². The molecule has 0 saturated carbocycles. The van der Waals surface area contributed by atoms with E-state index in [4.69, 9.17) is 0 Å². The number of hydrogen-bond acceptors (Lipinski definition) is 0. The highest BCUT2D eigenvalue weighted by atomic mass is 15.0. The summed E-state index contributed by atoms with van der Waals surface area (Å²) in [6, 6.07) is 67.6. The van der Waals surface area contributed by atoms with Gasteiger partial charge in [-0.05, 0) is 72.8 Å². The summed E-state index contributed by atoms with van der Waals surface area (Å²) in [5.74, 6) is 0. The lowest BCUT2D eigenvalue weighted by Crippen LogP contribution is -1.92. The summed E-state index contributed by atoms with van der Waals surface area (Å²) in [4.78, 5) is 0. The van der Waals surface area contributed by atoms with Gasteiger partial charge in [0.25, 0.3) is 0 Å². The van der Waals surface area contributed by atoms with E-state index in [1.54, 1.807) is 0 Å². The van der Waals surface area contributed by atoms with Crippen molar-refractivity contribution < 1.29 is 0 Å². The highest BCUT2D eigenvalue weighted by Crippen LogP contribution is 2.50. The van der Waals surface area contributed by atoms with E-state index in [-0.39, 0.29) is 0 Å². The molecule has 0 radical (unpaired) electrons. The highest BCUT2D eigenvalue weighted by Gasteiger charge is 2.28. The van der Waals surface area contributed by atoms with Gasteiger partial charge in [0.2, 0.25) is 0 Å². The van der Waals surface area contributed by atoms with E-state index >= 15 is 0 Å². The summed E-state index contributed by atoms with van der Waals surface area (Å²) in [5.41, 5.74) is 14.8. The van der Waals surface area contributed by atoms with Crippen LogP contribution in [0.4, 0.5) is 0 Å². The summed E-state index contributed by atoms with van der Waals surface area (Å²) in [6.45, 7) is 0. The fraction of sp³-hybridized carbons (Fsp3) is 0. The molecule has 0 saturated heterocycles. The van der Waals surface area contributed by atoms with E-state index in [1.807, 2.05) is 0 Å². The summed E-state index contributed by atoms with van der Waals surface area (Å²) in [6.07, 6.45) is 0. The Hall–Kier alpha value is -7.82. The van der Waals surface area contributed by atoms with Crippen LogP contribution in [0.3, 0.4) is 0 Å². The third-order valence-electron chi connectivity index (χ3n) is 13.3. The first-order valence-electron chi connectivity index (χ1n) is 20.1. The van der Waals surface area contributed by atoms with Crippen LogP contribution in [0.5, 0.6) is 0 Å². The summed E-state index contributed by atoms with van der Waals surface area (Å²) in [5, 5.41) is 15.5. The molecule has 15 aromatic rings. The van der Waals surface area contributed by atoms with Crippen LogP contribution in [0.2, 0.25) is 0 Å². The number of nitrogens with zero attached hydrogens (tertiary/aromatic N) is 4. The second-order valence-corrected chi connectivity index (χ2v) is 16.1. The minimum atomic E-state index is 1.17. The van der Waals surface area contributed by atoms with E-state index in [2.05, 4.69) is 200 Å². The minimum absolute atomic E-state index is 1.17. The van der Waals surface area contributed by atoms with E-state index in [9.17, 15) is 0 Å². The van der Waals surface area contributed by atoms with Crippen molar-refractivity contribution in [3.63, 3.8) is 0 Å². The zero-order valence-corrected chi connectivity index (χ0v) is 31.1. The Balaban J connectivity index is 1.19. The zero-order valence-electron chi connectivity index (χ0n) is 31.1. The fourth-order valence-electron chi connectivity index (χ4n) is 11.2. The van der Waals surface area contributed by atoms with Crippen LogP contribution < -0.4 is 0 Å². The molecule has 0 spiro atoms. The molecule has 6 heterocycles. The van der Waals surface area contributed by atoms with Gasteiger partial charge in [-0.15, -0.1) is 0 Å². The lowest BCUT2D eigenvalue weighted by atomic mass is 10.0. The van der Waals surface area contributed by atoms with Gasteiger partial charge in [-0.1, -0.05) is 109 Å².